The molecule has 0 aliphatic carbocycles. The molecule has 0 radical (unpaired) electrons. The van der Waals surface area contributed by atoms with Crippen LogP contribution in [-0.2, 0) is 0 Å². The average molecular weight is 313 g/mol. The fraction of sp³-hybridized carbons (Fsp3) is 0.600. The summed E-state index contributed by atoms with van der Waals surface area (Å²) in [6.45, 7) is 2.70. The lowest BCUT2D eigenvalue weighted by molar-refractivity contribution is -0.0721. The lowest BCUT2D eigenvalue weighted by Crippen LogP contribution is -2.55. The molecule has 1 aliphatic rings. The third-order valence-corrected chi connectivity index (χ3v) is 4.41. The SMILES string of the molecule is CCC[C@@]1(CO)CN(C(=O)c2ccc(Cl)cn2)CC[C@H]1O. The van der Waals surface area contributed by atoms with Gasteiger partial charge in [-0.3, -0.25) is 4.79 Å². The molecule has 0 aromatic carbocycles. The van der Waals surface area contributed by atoms with Gasteiger partial charge in [-0.2, -0.15) is 0 Å². The molecule has 0 unspecified atom stereocenters. The molecule has 2 rings (SSSR count). The van der Waals surface area contributed by atoms with Crippen molar-refractivity contribution in [2.45, 2.75) is 32.3 Å². The van der Waals surface area contributed by atoms with Crippen LogP contribution in [0.1, 0.15) is 36.7 Å². The minimum Gasteiger partial charge on any atom is -0.396 e. The molecule has 2 heterocycles. The summed E-state index contributed by atoms with van der Waals surface area (Å²) in [4.78, 5) is 18.2. The summed E-state index contributed by atoms with van der Waals surface area (Å²) in [6.07, 6.45) is 2.87. The topological polar surface area (TPSA) is 73.7 Å². The second kappa shape index (κ2) is 6.73. The van der Waals surface area contributed by atoms with Gasteiger partial charge in [-0.05, 0) is 25.0 Å². The minimum absolute atomic E-state index is 0.125. The van der Waals surface area contributed by atoms with Crippen molar-refractivity contribution in [2.24, 2.45) is 5.41 Å². The second-order valence-electron chi connectivity index (χ2n) is 5.66. The van der Waals surface area contributed by atoms with Crippen LogP contribution in [0, 0.1) is 5.41 Å². The van der Waals surface area contributed by atoms with E-state index in [2.05, 4.69) is 4.98 Å². The van der Waals surface area contributed by atoms with Crippen molar-refractivity contribution in [3.8, 4) is 0 Å². The summed E-state index contributed by atoms with van der Waals surface area (Å²) in [7, 11) is 0. The van der Waals surface area contributed by atoms with Crippen molar-refractivity contribution in [2.75, 3.05) is 19.7 Å². The Balaban J connectivity index is 2.17. The molecule has 0 saturated carbocycles. The molecular formula is C15H21ClN2O3. The van der Waals surface area contributed by atoms with Crippen LogP contribution in [0.15, 0.2) is 18.3 Å². The van der Waals surface area contributed by atoms with E-state index in [1.54, 1.807) is 17.0 Å². The lowest BCUT2D eigenvalue weighted by atomic mass is 9.74. The van der Waals surface area contributed by atoms with E-state index in [0.717, 1.165) is 6.42 Å². The lowest BCUT2D eigenvalue weighted by Gasteiger charge is -2.45. The van der Waals surface area contributed by atoms with E-state index in [4.69, 9.17) is 11.6 Å². The third kappa shape index (κ3) is 3.36. The Bertz CT molecular complexity index is 494. The number of aliphatic hydroxyl groups excluding tert-OH is 2. The maximum atomic E-state index is 12.5. The quantitative estimate of drug-likeness (QED) is 0.888. The summed E-state index contributed by atoms with van der Waals surface area (Å²) in [5.74, 6) is -0.188. The van der Waals surface area contributed by atoms with Gasteiger partial charge in [-0.25, -0.2) is 4.98 Å². The van der Waals surface area contributed by atoms with Crippen molar-refractivity contribution >= 4 is 17.5 Å². The number of likely N-dealkylation sites (tertiary alicyclic amines) is 1. The van der Waals surface area contributed by atoms with Gasteiger partial charge >= 0.3 is 0 Å². The van der Waals surface area contributed by atoms with Gasteiger partial charge in [-0.15, -0.1) is 0 Å². The Hall–Kier alpha value is -1.17. The summed E-state index contributed by atoms with van der Waals surface area (Å²) in [5, 5.41) is 20.4. The molecule has 2 N–H and O–H groups in total. The highest BCUT2D eigenvalue weighted by Gasteiger charge is 2.43. The van der Waals surface area contributed by atoms with Crippen LogP contribution < -0.4 is 0 Å². The largest absolute Gasteiger partial charge is 0.396 e. The molecule has 5 nitrogen and oxygen atoms in total. The number of carbonyl (C=O) groups is 1. The second-order valence-corrected chi connectivity index (χ2v) is 6.10. The predicted molar refractivity (Wildman–Crippen MR) is 80.2 cm³/mol. The first-order valence-corrected chi connectivity index (χ1v) is 7.60. The van der Waals surface area contributed by atoms with Crippen LogP contribution in [-0.4, -0.2) is 51.8 Å². The summed E-state index contributed by atoms with van der Waals surface area (Å²) >= 11 is 5.78. The molecule has 116 valence electrons. The van der Waals surface area contributed by atoms with Gasteiger partial charge in [0.15, 0.2) is 0 Å². The highest BCUT2D eigenvalue weighted by atomic mass is 35.5. The van der Waals surface area contributed by atoms with E-state index in [-0.39, 0.29) is 12.5 Å². The van der Waals surface area contributed by atoms with Gasteiger partial charge in [0.25, 0.3) is 5.91 Å². The zero-order valence-corrected chi connectivity index (χ0v) is 12.9. The smallest absolute Gasteiger partial charge is 0.272 e. The fourth-order valence-electron chi connectivity index (χ4n) is 2.96. The van der Waals surface area contributed by atoms with Gasteiger partial charge in [0.2, 0.25) is 0 Å². The summed E-state index contributed by atoms with van der Waals surface area (Å²) in [6, 6.07) is 3.22. The molecule has 1 fully saturated rings. The monoisotopic (exact) mass is 312 g/mol. The van der Waals surface area contributed by atoms with Gasteiger partial charge < -0.3 is 15.1 Å². The number of amides is 1. The first kappa shape index (κ1) is 16.2. The number of pyridine rings is 1. The molecule has 1 aromatic rings. The number of halogens is 1. The van der Waals surface area contributed by atoms with Crippen molar-refractivity contribution in [1.29, 1.82) is 0 Å². The normalized spacial score (nSPS) is 25.9. The van der Waals surface area contributed by atoms with Crippen molar-refractivity contribution in [3.63, 3.8) is 0 Å². The number of hydrogen-bond donors (Lipinski definition) is 2. The first-order valence-electron chi connectivity index (χ1n) is 7.22. The zero-order chi connectivity index (χ0) is 15.5. The maximum Gasteiger partial charge on any atom is 0.272 e. The highest BCUT2D eigenvalue weighted by molar-refractivity contribution is 6.30. The Morgan fingerprint density at radius 1 is 1.57 bits per heavy atom. The number of aromatic nitrogens is 1. The highest BCUT2D eigenvalue weighted by Crippen LogP contribution is 2.35. The van der Waals surface area contributed by atoms with E-state index in [1.807, 2.05) is 6.92 Å². The number of aliphatic hydroxyl groups is 2. The Labute approximate surface area is 129 Å². The molecule has 2 atom stereocenters. The fourth-order valence-corrected chi connectivity index (χ4v) is 3.08. The zero-order valence-electron chi connectivity index (χ0n) is 12.1. The van der Waals surface area contributed by atoms with E-state index >= 15 is 0 Å². The molecule has 0 spiro atoms. The number of hydrogen-bond acceptors (Lipinski definition) is 4. The number of rotatable bonds is 4. The Kier molecular flexibility index (Phi) is 5.19. The molecule has 1 amide bonds. The molecule has 6 heteroatoms. The van der Waals surface area contributed by atoms with E-state index in [9.17, 15) is 15.0 Å². The number of carbonyl (C=O) groups excluding carboxylic acids is 1. The average Bonchev–Trinajstić information content (AvgIpc) is 2.50. The van der Waals surface area contributed by atoms with E-state index in [0.29, 0.717) is 36.6 Å². The van der Waals surface area contributed by atoms with Gasteiger partial charge in [0, 0.05) is 24.7 Å². The number of piperidine rings is 1. The van der Waals surface area contributed by atoms with Crippen LogP contribution in [0.5, 0.6) is 0 Å². The molecule has 0 bridgehead atoms. The summed E-state index contributed by atoms with van der Waals surface area (Å²) < 4.78 is 0. The minimum atomic E-state index is -0.630. The van der Waals surface area contributed by atoms with Crippen LogP contribution in [0.2, 0.25) is 5.02 Å². The van der Waals surface area contributed by atoms with E-state index in [1.165, 1.54) is 6.20 Å². The predicted octanol–water partition coefficient (Wildman–Crippen LogP) is 1.72. The van der Waals surface area contributed by atoms with Gasteiger partial charge in [-0.1, -0.05) is 24.9 Å². The number of nitrogens with zero attached hydrogens (tertiary/aromatic N) is 2. The molecule has 1 aliphatic heterocycles. The third-order valence-electron chi connectivity index (χ3n) is 4.18. The Morgan fingerprint density at radius 2 is 2.33 bits per heavy atom. The van der Waals surface area contributed by atoms with E-state index < -0.39 is 11.5 Å². The van der Waals surface area contributed by atoms with Crippen molar-refractivity contribution in [3.05, 3.63) is 29.0 Å². The van der Waals surface area contributed by atoms with Gasteiger partial charge in [0.05, 0.1) is 17.7 Å². The molecule has 21 heavy (non-hydrogen) atoms. The van der Waals surface area contributed by atoms with Crippen LogP contribution in [0.25, 0.3) is 0 Å². The first-order chi connectivity index (χ1) is 10.0. The Morgan fingerprint density at radius 3 is 2.90 bits per heavy atom. The summed E-state index contributed by atoms with van der Waals surface area (Å²) in [5.41, 5.74) is -0.297. The van der Waals surface area contributed by atoms with Crippen molar-refractivity contribution in [1.82, 2.24) is 9.88 Å². The molecular weight excluding hydrogens is 292 g/mol. The van der Waals surface area contributed by atoms with Crippen LogP contribution >= 0.6 is 11.6 Å². The van der Waals surface area contributed by atoms with Crippen molar-refractivity contribution < 1.29 is 15.0 Å². The molecule has 1 aromatic heterocycles. The van der Waals surface area contributed by atoms with Crippen LogP contribution in [0.3, 0.4) is 0 Å². The maximum absolute atomic E-state index is 12.5. The molecule has 1 saturated heterocycles. The standard InChI is InChI=1S/C15H21ClN2O3/c1-2-6-15(10-19)9-18(7-5-13(15)20)14(21)12-4-3-11(16)8-17-12/h3-4,8,13,19-20H,2,5-7,9-10H2,1H3/t13-,15+/m1/s1. The van der Waals surface area contributed by atoms with Gasteiger partial charge in [0.1, 0.15) is 5.69 Å². The van der Waals surface area contributed by atoms with Crippen LogP contribution in [0.4, 0.5) is 0 Å².